The van der Waals surface area contributed by atoms with Gasteiger partial charge in [0, 0.05) is 0 Å². The van der Waals surface area contributed by atoms with Crippen molar-refractivity contribution in [3.05, 3.63) is 0 Å². The van der Waals surface area contributed by atoms with Crippen molar-refractivity contribution in [3.63, 3.8) is 0 Å². The van der Waals surface area contributed by atoms with Crippen molar-refractivity contribution in [1.82, 2.24) is 0 Å². The molecular formula is C21H36O3. The number of aliphatic hydroxyl groups is 3. The Morgan fingerprint density at radius 2 is 1.50 bits per heavy atom. The summed E-state index contributed by atoms with van der Waals surface area (Å²) in [5.74, 6) is 2.30. The first-order valence-corrected chi connectivity index (χ1v) is 10.4. The van der Waals surface area contributed by atoms with Crippen molar-refractivity contribution in [2.24, 2.45) is 40.4 Å². The minimum Gasteiger partial charge on any atom is -0.393 e. The van der Waals surface area contributed by atoms with Crippen LogP contribution in [0.2, 0.25) is 0 Å². The van der Waals surface area contributed by atoms with Crippen LogP contribution in [0, 0.1) is 40.4 Å². The average Bonchev–Trinajstić information content (AvgIpc) is 2.84. The summed E-state index contributed by atoms with van der Waals surface area (Å²) < 4.78 is 0. The lowest BCUT2D eigenvalue weighted by Gasteiger charge is -2.63. The van der Waals surface area contributed by atoms with E-state index in [9.17, 15) is 15.3 Å². The molecule has 10 atom stereocenters. The molecule has 3 nitrogen and oxygen atoms in total. The number of hydrogen-bond acceptors (Lipinski definition) is 3. The summed E-state index contributed by atoms with van der Waals surface area (Å²) in [6, 6.07) is 0. The van der Waals surface area contributed by atoms with Crippen LogP contribution in [-0.2, 0) is 0 Å². The molecule has 0 aromatic carbocycles. The maximum Gasteiger partial charge on any atom is 0.0596 e. The number of hydrogen-bond donors (Lipinski definition) is 3. The first-order chi connectivity index (χ1) is 11.3. The summed E-state index contributed by atoms with van der Waals surface area (Å²) in [5.41, 5.74) is 0.236. The molecule has 4 rings (SSSR count). The molecule has 0 heterocycles. The second-order valence-electron chi connectivity index (χ2n) is 10.0. The van der Waals surface area contributed by atoms with Gasteiger partial charge in [0.1, 0.15) is 0 Å². The second-order valence-corrected chi connectivity index (χ2v) is 10.0. The molecule has 3 heteroatoms. The fourth-order valence-electron chi connectivity index (χ4n) is 8.08. The van der Waals surface area contributed by atoms with Crippen LogP contribution in [0.1, 0.15) is 72.1 Å². The van der Waals surface area contributed by atoms with Gasteiger partial charge >= 0.3 is 0 Å². The van der Waals surface area contributed by atoms with Gasteiger partial charge in [-0.15, -0.1) is 0 Å². The first kappa shape index (κ1) is 17.3. The fourth-order valence-corrected chi connectivity index (χ4v) is 8.08. The topological polar surface area (TPSA) is 60.7 Å². The number of rotatable bonds is 1. The van der Waals surface area contributed by atoms with Crippen LogP contribution in [0.15, 0.2) is 0 Å². The van der Waals surface area contributed by atoms with E-state index in [-0.39, 0.29) is 41.0 Å². The zero-order chi connectivity index (χ0) is 17.3. The summed E-state index contributed by atoms with van der Waals surface area (Å²) in [6.07, 6.45) is 7.55. The van der Waals surface area contributed by atoms with Crippen LogP contribution >= 0.6 is 0 Å². The summed E-state index contributed by atoms with van der Waals surface area (Å²) >= 11 is 0. The summed E-state index contributed by atoms with van der Waals surface area (Å²) in [6.45, 7) is 6.88. The van der Waals surface area contributed by atoms with E-state index in [2.05, 4.69) is 20.8 Å². The van der Waals surface area contributed by atoms with Crippen LogP contribution in [0.5, 0.6) is 0 Å². The fraction of sp³-hybridized carbons (Fsp3) is 1.00. The highest BCUT2D eigenvalue weighted by molar-refractivity contribution is 5.12. The third-order valence-electron chi connectivity index (χ3n) is 9.33. The molecule has 4 aliphatic rings. The monoisotopic (exact) mass is 336 g/mol. The van der Waals surface area contributed by atoms with Gasteiger partial charge in [-0.2, -0.15) is 0 Å². The normalized spacial score (nSPS) is 60.2. The van der Waals surface area contributed by atoms with E-state index in [0.29, 0.717) is 17.8 Å². The van der Waals surface area contributed by atoms with E-state index in [1.807, 2.05) is 0 Å². The van der Waals surface area contributed by atoms with Gasteiger partial charge in [-0.05, 0) is 85.4 Å². The Balaban J connectivity index is 1.68. The van der Waals surface area contributed by atoms with Gasteiger partial charge in [-0.3, -0.25) is 0 Å². The van der Waals surface area contributed by atoms with Crippen LogP contribution in [0.4, 0.5) is 0 Å². The largest absolute Gasteiger partial charge is 0.393 e. The van der Waals surface area contributed by atoms with Crippen molar-refractivity contribution < 1.29 is 15.3 Å². The van der Waals surface area contributed by atoms with Crippen molar-refractivity contribution >= 4 is 0 Å². The number of aliphatic hydroxyl groups excluding tert-OH is 3. The Kier molecular flexibility index (Phi) is 4.10. The molecule has 0 amide bonds. The van der Waals surface area contributed by atoms with E-state index < -0.39 is 0 Å². The average molecular weight is 337 g/mol. The molecule has 0 saturated heterocycles. The SMILES string of the molecule is CC[C@@H]1C2[C@@H](O)C[C@H]3[C@@H]4CC[C@H](O)[C@@]4(C)CC[C@@H]3[C@@]2(C)CC[C@H]1O. The van der Waals surface area contributed by atoms with Crippen LogP contribution in [0.3, 0.4) is 0 Å². The molecule has 4 fully saturated rings. The van der Waals surface area contributed by atoms with E-state index in [0.717, 1.165) is 44.9 Å². The summed E-state index contributed by atoms with van der Waals surface area (Å²) in [7, 11) is 0. The van der Waals surface area contributed by atoms with Gasteiger partial charge in [0.05, 0.1) is 18.3 Å². The molecule has 4 saturated carbocycles. The smallest absolute Gasteiger partial charge is 0.0596 e. The highest BCUT2D eigenvalue weighted by atomic mass is 16.3. The maximum absolute atomic E-state index is 11.1. The van der Waals surface area contributed by atoms with Crippen molar-refractivity contribution in [3.8, 4) is 0 Å². The van der Waals surface area contributed by atoms with E-state index >= 15 is 0 Å². The van der Waals surface area contributed by atoms with Crippen molar-refractivity contribution in [1.29, 1.82) is 0 Å². The summed E-state index contributed by atoms with van der Waals surface area (Å²) in [5, 5.41) is 32.2. The van der Waals surface area contributed by atoms with Crippen LogP contribution in [-0.4, -0.2) is 33.6 Å². The Labute approximate surface area is 146 Å². The Hall–Kier alpha value is -0.120. The number of fused-ring (bicyclic) bond motifs is 5. The molecule has 1 unspecified atom stereocenters. The van der Waals surface area contributed by atoms with Gasteiger partial charge in [-0.1, -0.05) is 27.2 Å². The molecule has 0 spiro atoms. The third-order valence-corrected chi connectivity index (χ3v) is 9.33. The predicted octanol–water partition coefficient (Wildman–Crippen LogP) is 3.36. The van der Waals surface area contributed by atoms with Crippen molar-refractivity contribution in [2.45, 2.75) is 90.4 Å². The molecule has 4 aliphatic carbocycles. The molecule has 0 aromatic heterocycles. The minimum atomic E-state index is -0.281. The maximum atomic E-state index is 11.1. The lowest BCUT2D eigenvalue weighted by molar-refractivity contribution is -0.196. The third kappa shape index (κ3) is 2.13. The molecule has 0 radical (unpaired) electrons. The predicted molar refractivity (Wildman–Crippen MR) is 94.3 cm³/mol. The van der Waals surface area contributed by atoms with Gasteiger partial charge in [0.25, 0.3) is 0 Å². The van der Waals surface area contributed by atoms with E-state index in [1.165, 1.54) is 6.42 Å². The van der Waals surface area contributed by atoms with Crippen LogP contribution in [0.25, 0.3) is 0 Å². The quantitative estimate of drug-likeness (QED) is 0.688. The van der Waals surface area contributed by atoms with Gasteiger partial charge in [0.2, 0.25) is 0 Å². The molecule has 0 aliphatic heterocycles. The molecule has 0 bridgehead atoms. The second kappa shape index (κ2) is 5.69. The molecule has 138 valence electrons. The van der Waals surface area contributed by atoms with Gasteiger partial charge in [0.15, 0.2) is 0 Å². The zero-order valence-corrected chi connectivity index (χ0v) is 15.6. The standard InChI is InChI=1S/C21H36O3/c1-4-12-16(22)8-10-21(3)15-7-9-20(2)14(5-6-18(20)24)13(15)11-17(23)19(12)21/h12-19,22-24H,4-11H2,1-3H3/t12-,13-,14-,15-,16+,17-,18-,19?,20-,21+/m0/s1. The van der Waals surface area contributed by atoms with Crippen molar-refractivity contribution in [2.75, 3.05) is 0 Å². The highest BCUT2D eigenvalue weighted by Crippen LogP contribution is 2.67. The van der Waals surface area contributed by atoms with E-state index in [4.69, 9.17) is 0 Å². The minimum absolute atomic E-state index is 0.0718. The lowest BCUT2D eigenvalue weighted by Crippen LogP contribution is -2.61. The highest BCUT2D eigenvalue weighted by Gasteiger charge is 2.63. The Morgan fingerprint density at radius 1 is 0.833 bits per heavy atom. The summed E-state index contributed by atoms with van der Waals surface area (Å²) in [4.78, 5) is 0. The molecule has 3 N–H and O–H groups in total. The lowest BCUT2D eigenvalue weighted by atomic mass is 9.42. The van der Waals surface area contributed by atoms with Crippen LogP contribution < -0.4 is 0 Å². The van der Waals surface area contributed by atoms with E-state index in [1.54, 1.807) is 0 Å². The molecule has 24 heavy (non-hydrogen) atoms. The zero-order valence-electron chi connectivity index (χ0n) is 15.6. The molecule has 0 aromatic rings. The Bertz CT molecular complexity index is 493. The molecular weight excluding hydrogens is 300 g/mol. The van der Waals surface area contributed by atoms with Gasteiger partial charge in [-0.25, -0.2) is 0 Å². The Morgan fingerprint density at radius 3 is 2.21 bits per heavy atom. The first-order valence-electron chi connectivity index (χ1n) is 10.4. The van der Waals surface area contributed by atoms with Gasteiger partial charge < -0.3 is 15.3 Å².